The Labute approximate surface area is 208 Å². The van der Waals surface area contributed by atoms with Crippen LogP contribution in [-0.4, -0.2) is 25.4 Å². The summed E-state index contributed by atoms with van der Waals surface area (Å²) in [5.41, 5.74) is 1.27. The maximum Gasteiger partial charge on any atom is 0.420 e. The Kier molecular flexibility index (Phi) is 5.22. The predicted molar refractivity (Wildman–Crippen MR) is 131 cm³/mol. The lowest BCUT2D eigenvalue weighted by Crippen LogP contribution is -2.14. The summed E-state index contributed by atoms with van der Waals surface area (Å²) >= 11 is 0. The highest BCUT2D eigenvalue weighted by Gasteiger charge is 2.39. The molecule has 0 saturated carbocycles. The van der Waals surface area contributed by atoms with Gasteiger partial charge in [0.25, 0.3) is 0 Å². The molecular formula is C28H19F3N2O4. The van der Waals surface area contributed by atoms with Gasteiger partial charge in [0, 0.05) is 35.4 Å². The van der Waals surface area contributed by atoms with E-state index in [9.17, 15) is 13.2 Å². The highest BCUT2D eigenvalue weighted by Crippen LogP contribution is 2.40. The van der Waals surface area contributed by atoms with Crippen molar-refractivity contribution in [2.24, 2.45) is 4.99 Å². The van der Waals surface area contributed by atoms with E-state index >= 15 is 0 Å². The average molecular weight is 504 g/mol. The summed E-state index contributed by atoms with van der Waals surface area (Å²) in [5, 5.41) is 0.333. The van der Waals surface area contributed by atoms with Crippen LogP contribution in [0.4, 0.5) is 13.2 Å². The average Bonchev–Trinajstić information content (AvgIpc) is 3.63. The van der Waals surface area contributed by atoms with E-state index < -0.39 is 11.7 Å². The molecule has 0 saturated heterocycles. The first-order valence-corrected chi connectivity index (χ1v) is 11.3. The molecule has 1 aliphatic rings. The first-order chi connectivity index (χ1) is 17.8. The van der Waals surface area contributed by atoms with Gasteiger partial charge in [0.1, 0.15) is 33.9 Å². The van der Waals surface area contributed by atoms with Crippen molar-refractivity contribution in [2.75, 3.05) is 14.2 Å². The van der Waals surface area contributed by atoms with Gasteiger partial charge in [0.05, 0.1) is 31.1 Å². The zero-order valence-electron chi connectivity index (χ0n) is 19.6. The SMILES string of the molecule is COc1ccc(-c2cc3c(o2)=C/C(=C(/c2cc4oc(-c5ccc(OC)cc5)cc4[nH]2)C(F)(F)F)N=3)cc1. The number of ether oxygens (including phenoxy) is 2. The Morgan fingerprint density at radius 2 is 1.41 bits per heavy atom. The Bertz CT molecular complexity index is 1700. The third-order valence-corrected chi connectivity index (χ3v) is 6.11. The summed E-state index contributed by atoms with van der Waals surface area (Å²) < 4.78 is 64.6. The second kappa shape index (κ2) is 8.48. The van der Waals surface area contributed by atoms with Gasteiger partial charge in [-0.3, -0.25) is 0 Å². The lowest BCUT2D eigenvalue weighted by Gasteiger charge is -2.11. The van der Waals surface area contributed by atoms with Crippen LogP contribution in [0.1, 0.15) is 5.69 Å². The van der Waals surface area contributed by atoms with Crippen LogP contribution in [0.3, 0.4) is 0 Å². The summed E-state index contributed by atoms with van der Waals surface area (Å²) in [5.74, 6) is 2.41. The van der Waals surface area contributed by atoms with Crippen LogP contribution in [0.15, 0.2) is 86.3 Å². The van der Waals surface area contributed by atoms with E-state index in [1.54, 1.807) is 62.8 Å². The molecule has 6 nitrogen and oxygen atoms in total. The van der Waals surface area contributed by atoms with Crippen molar-refractivity contribution in [2.45, 2.75) is 6.18 Å². The smallest absolute Gasteiger partial charge is 0.420 e. The fourth-order valence-electron chi connectivity index (χ4n) is 4.29. The molecule has 5 aromatic rings. The molecule has 2 aromatic carbocycles. The molecule has 0 atom stereocenters. The van der Waals surface area contributed by atoms with Crippen LogP contribution in [0.25, 0.3) is 45.4 Å². The first-order valence-electron chi connectivity index (χ1n) is 11.3. The maximum atomic E-state index is 14.2. The van der Waals surface area contributed by atoms with E-state index in [2.05, 4.69) is 9.98 Å². The highest BCUT2D eigenvalue weighted by molar-refractivity contribution is 5.87. The molecule has 4 heterocycles. The van der Waals surface area contributed by atoms with E-state index in [1.807, 2.05) is 12.1 Å². The number of methoxy groups -OCH3 is 2. The molecular weight excluding hydrogens is 485 g/mol. The fraction of sp³-hybridized carbons (Fsp3) is 0.107. The molecule has 0 amide bonds. The molecule has 9 heteroatoms. The molecule has 0 bridgehead atoms. The third kappa shape index (κ3) is 4.08. The standard InChI is InChI=1S/C28H19F3N2O4/c1-34-17-7-3-15(4-8-17)23-11-19-25(36-23)13-21(32-19)27(28(29,30)31)22-14-26-20(33-22)12-24(37-26)16-5-9-18(35-2)10-6-16/h3-14,32H,1-2H3/b27-22+. The van der Waals surface area contributed by atoms with E-state index in [-0.39, 0.29) is 16.8 Å². The number of hydrogen-bond acceptors (Lipinski definition) is 5. The topological polar surface area (TPSA) is 72.9 Å². The molecule has 0 unspecified atom stereocenters. The van der Waals surface area contributed by atoms with Crippen molar-refractivity contribution in [1.29, 1.82) is 0 Å². The van der Waals surface area contributed by atoms with Crippen LogP contribution in [-0.2, 0) is 0 Å². The highest BCUT2D eigenvalue weighted by atomic mass is 19.4. The van der Waals surface area contributed by atoms with Gasteiger partial charge in [0.15, 0.2) is 11.0 Å². The molecule has 1 N–H and O–H groups in total. The number of rotatable bonds is 5. The number of H-pyrrole nitrogens is 1. The molecule has 186 valence electrons. The van der Waals surface area contributed by atoms with Gasteiger partial charge in [-0.15, -0.1) is 0 Å². The number of halogens is 3. The van der Waals surface area contributed by atoms with Crippen molar-refractivity contribution in [1.82, 2.24) is 4.98 Å². The number of nitrogens with zero attached hydrogens (tertiary/aromatic N) is 1. The summed E-state index contributed by atoms with van der Waals surface area (Å²) in [6.07, 6.45) is -3.37. The Hall–Kier alpha value is -4.66. The van der Waals surface area contributed by atoms with Crippen LogP contribution < -0.4 is 20.2 Å². The molecule has 3 aromatic heterocycles. The van der Waals surface area contributed by atoms with Crippen LogP contribution >= 0.6 is 0 Å². The summed E-state index contributed by atoms with van der Waals surface area (Å²) in [7, 11) is 3.14. The molecule has 0 radical (unpaired) electrons. The number of aromatic amines is 1. The van der Waals surface area contributed by atoms with Crippen molar-refractivity contribution in [3.63, 3.8) is 0 Å². The van der Waals surface area contributed by atoms with Crippen molar-refractivity contribution >= 4 is 22.7 Å². The number of fused-ring (bicyclic) bond motifs is 2. The largest absolute Gasteiger partial charge is 0.497 e. The fourth-order valence-corrected chi connectivity index (χ4v) is 4.29. The number of furan rings is 2. The Balaban J connectivity index is 1.37. The number of nitrogens with one attached hydrogen (secondary N) is 1. The summed E-state index contributed by atoms with van der Waals surface area (Å²) in [6, 6.07) is 19.0. The molecule has 37 heavy (non-hydrogen) atoms. The number of benzene rings is 2. The van der Waals surface area contributed by atoms with Gasteiger partial charge in [-0.25, -0.2) is 4.99 Å². The molecule has 1 aliphatic heterocycles. The second-order valence-electron chi connectivity index (χ2n) is 8.40. The third-order valence-electron chi connectivity index (χ3n) is 6.11. The van der Waals surface area contributed by atoms with E-state index in [0.29, 0.717) is 39.5 Å². The van der Waals surface area contributed by atoms with Crippen molar-refractivity contribution in [3.05, 3.63) is 88.9 Å². The minimum absolute atomic E-state index is 0.141. The number of allylic oxidation sites excluding steroid dienone is 2. The summed E-state index contributed by atoms with van der Waals surface area (Å²) in [6.45, 7) is 0. The van der Waals surface area contributed by atoms with E-state index in [0.717, 1.165) is 11.1 Å². The Morgan fingerprint density at radius 1 is 0.811 bits per heavy atom. The monoisotopic (exact) mass is 504 g/mol. The second-order valence-corrected chi connectivity index (χ2v) is 8.40. The Morgan fingerprint density at radius 3 is 1.92 bits per heavy atom. The first kappa shape index (κ1) is 22.8. The van der Waals surface area contributed by atoms with Crippen molar-refractivity contribution in [3.8, 4) is 34.1 Å². The lowest BCUT2D eigenvalue weighted by molar-refractivity contribution is -0.0694. The maximum absolute atomic E-state index is 14.2. The van der Waals surface area contributed by atoms with Crippen LogP contribution in [0, 0.1) is 0 Å². The van der Waals surface area contributed by atoms with Gasteiger partial charge < -0.3 is 23.3 Å². The number of hydrogen-bond donors (Lipinski definition) is 1. The number of aromatic nitrogens is 1. The molecule has 0 aliphatic carbocycles. The van der Waals surface area contributed by atoms with Gasteiger partial charge in [-0.2, -0.15) is 13.2 Å². The predicted octanol–water partition coefficient (Wildman–Crippen LogP) is 6.09. The van der Waals surface area contributed by atoms with Gasteiger partial charge in [-0.1, -0.05) is 0 Å². The molecule has 0 fully saturated rings. The van der Waals surface area contributed by atoms with E-state index in [1.165, 1.54) is 12.1 Å². The molecule has 6 rings (SSSR count). The quantitative estimate of drug-likeness (QED) is 0.314. The molecule has 0 spiro atoms. The van der Waals surface area contributed by atoms with Crippen LogP contribution in [0.2, 0.25) is 0 Å². The summed E-state index contributed by atoms with van der Waals surface area (Å²) in [4.78, 5) is 7.07. The van der Waals surface area contributed by atoms with Crippen LogP contribution in [0.5, 0.6) is 11.5 Å². The zero-order valence-corrected chi connectivity index (χ0v) is 19.6. The minimum Gasteiger partial charge on any atom is -0.497 e. The lowest BCUT2D eigenvalue weighted by atomic mass is 10.1. The van der Waals surface area contributed by atoms with E-state index in [4.69, 9.17) is 18.3 Å². The van der Waals surface area contributed by atoms with Gasteiger partial charge in [0.2, 0.25) is 0 Å². The zero-order chi connectivity index (χ0) is 25.7. The number of alkyl halides is 3. The normalized spacial score (nSPS) is 14.3. The van der Waals surface area contributed by atoms with Crippen molar-refractivity contribution < 1.29 is 31.5 Å². The van der Waals surface area contributed by atoms with Gasteiger partial charge in [-0.05, 0) is 48.5 Å². The van der Waals surface area contributed by atoms with Gasteiger partial charge >= 0.3 is 6.18 Å². The minimum atomic E-state index is -4.67.